The van der Waals surface area contributed by atoms with Gasteiger partial charge in [0.2, 0.25) is 17.7 Å². The number of likely N-dealkylation sites (tertiary alicyclic amines) is 1. The summed E-state index contributed by atoms with van der Waals surface area (Å²) in [5, 5.41) is 5.73. The molecule has 0 aromatic heterocycles. The molecule has 0 aliphatic carbocycles. The van der Waals surface area contributed by atoms with E-state index in [1.54, 1.807) is 11.0 Å². The Morgan fingerprint density at radius 2 is 1.81 bits per heavy atom. The van der Waals surface area contributed by atoms with Crippen LogP contribution >= 0.6 is 15.9 Å². The fraction of sp³-hybridized carbons (Fsp3) is 0.320. The highest BCUT2D eigenvalue weighted by molar-refractivity contribution is 9.10. The van der Waals surface area contributed by atoms with Crippen LogP contribution in [0.2, 0.25) is 0 Å². The van der Waals surface area contributed by atoms with Gasteiger partial charge in [-0.1, -0.05) is 52.3 Å². The molecule has 2 aromatic carbocycles. The van der Waals surface area contributed by atoms with Crippen molar-refractivity contribution >= 4 is 45.4 Å². The first-order valence-electron chi connectivity index (χ1n) is 10.8. The number of anilines is 1. The number of hydrogen-bond acceptors (Lipinski definition) is 3. The number of carbonyl (C=O) groups is 3. The number of benzene rings is 2. The third kappa shape index (κ3) is 7.05. The number of aryl methyl sites for hydroxylation is 1. The van der Waals surface area contributed by atoms with Gasteiger partial charge in [-0.3, -0.25) is 14.4 Å². The molecule has 7 heteroatoms. The van der Waals surface area contributed by atoms with E-state index >= 15 is 0 Å². The van der Waals surface area contributed by atoms with Crippen LogP contribution in [0, 0.1) is 12.8 Å². The van der Waals surface area contributed by atoms with Crippen molar-refractivity contribution in [2.24, 2.45) is 5.92 Å². The van der Waals surface area contributed by atoms with Crippen molar-refractivity contribution in [3.05, 3.63) is 70.2 Å². The van der Waals surface area contributed by atoms with Crippen molar-refractivity contribution in [3.8, 4) is 0 Å². The summed E-state index contributed by atoms with van der Waals surface area (Å²) in [5.41, 5.74) is 2.72. The summed E-state index contributed by atoms with van der Waals surface area (Å²) in [6, 6.07) is 15.4. The zero-order valence-electron chi connectivity index (χ0n) is 18.1. The Kier molecular flexibility index (Phi) is 8.62. The van der Waals surface area contributed by atoms with Crippen molar-refractivity contribution in [1.29, 1.82) is 0 Å². The van der Waals surface area contributed by atoms with E-state index in [1.165, 1.54) is 0 Å². The van der Waals surface area contributed by atoms with E-state index in [0.29, 0.717) is 25.9 Å². The van der Waals surface area contributed by atoms with E-state index in [9.17, 15) is 14.4 Å². The highest BCUT2D eigenvalue weighted by Gasteiger charge is 2.26. The Morgan fingerprint density at radius 3 is 2.53 bits per heavy atom. The van der Waals surface area contributed by atoms with Crippen LogP contribution in [0.25, 0.3) is 6.08 Å². The maximum Gasteiger partial charge on any atom is 0.246 e. The van der Waals surface area contributed by atoms with Gasteiger partial charge in [0.05, 0.1) is 0 Å². The van der Waals surface area contributed by atoms with Gasteiger partial charge >= 0.3 is 0 Å². The van der Waals surface area contributed by atoms with E-state index < -0.39 is 0 Å². The molecular formula is C25H28BrN3O3. The van der Waals surface area contributed by atoms with Crippen LogP contribution in [0.5, 0.6) is 0 Å². The largest absolute Gasteiger partial charge is 0.355 e. The van der Waals surface area contributed by atoms with Crippen LogP contribution in [0.4, 0.5) is 5.69 Å². The van der Waals surface area contributed by atoms with E-state index in [-0.39, 0.29) is 36.6 Å². The molecule has 1 heterocycles. The van der Waals surface area contributed by atoms with Crippen molar-refractivity contribution in [2.45, 2.75) is 26.2 Å². The summed E-state index contributed by atoms with van der Waals surface area (Å²) in [7, 11) is 0. The number of carbonyl (C=O) groups excluding carboxylic acids is 3. The number of piperidine rings is 1. The van der Waals surface area contributed by atoms with Gasteiger partial charge in [-0.25, -0.2) is 0 Å². The lowest BCUT2D eigenvalue weighted by molar-refractivity contribution is -0.132. The molecule has 1 aliphatic heterocycles. The van der Waals surface area contributed by atoms with Crippen LogP contribution in [-0.4, -0.2) is 42.3 Å². The van der Waals surface area contributed by atoms with E-state index in [2.05, 4.69) is 26.6 Å². The maximum atomic E-state index is 12.5. The molecule has 0 radical (unpaired) electrons. The molecule has 0 atom stereocenters. The highest BCUT2D eigenvalue weighted by atomic mass is 79.9. The van der Waals surface area contributed by atoms with Gasteiger partial charge in [0.25, 0.3) is 0 Å². The Morgan fingerprint density at radius 1 is 1.09 bits per heavy atom. The number of hydrogen-bond donors (Lipinski definition) is 2. The highest BCUT2D eigenvalue weighted by Crippen LogP contribution is 2.21. The molecule has 1 aliphatic rings. The molecule has 0 bridgehead atoms. The molecule has 2 aromatic rings. The third-order valence-electron chi connectivity index (χ3n) is 5.52. The van der Waals surface area contributed by atoms with Crippen LogP contribution < -0.4 is 10.6 Å². The summed E-state index contributed by atoms with van der Waals surface area (Å²) in [6.07, 6.45) is 4.85. The fourth-order valence-electron chi connectivity index (χ4n) is 3.58. The Hall–Kier alpha value is -2.93. The number of amides is 3. The smallest absolute Gasteiger partial charge is 0.246 e. The first kappa shape index (κ1) is 23.7. The molecule has 0 unspecified atom stereocenters. The second-order valence-electron chi connectivity index (χ2n) is 7.89. The zero-order chi connectivity index (χ0) is 22.9. The van der Waals surface area contributed by atoms with Gasteiger partial charge in [-0.05, 0) is 49.1 Å². The molecule has 3 amide bonds. The first-order valence-corrected chi connectivity index (χ1v) is 11.6. The average Bonchev–Trinajstić information content (AvgIpc) is 2.80. The molecule has 2 N–H and O–H groups in total. The minimum Gasteiger partial charge on any atom is -0.355 e. The second kappa shape index (κ2) is 11.6. The fourth-order valence-corrected chi connectivity index (χ4v) is 3.95. The van der Waals surface area contributed by atoms with Crippen LogP contribution in [0.3, 0.4) is 0 Å². The molecule has 6 nitrogen and oxygen atoms in total. The van der Waals surface area contributed by atoms with Gasteiger partial charge in [0.15, 0.2) is 0 Å². The zero-order valence-corrected chi connectivity index (χ0v) is 19.7. The third-order valence-corrected chi connectivity index (χ3v) is 6.01. The molecule has 0 spiro atoms. The van der Waals surface area contributed by atoms with Crippen molar-refractivity contribution < 1.29 is 14.4 Å². The summed E-state index contributed by atoms with van der Waals surface area (Å²) >= 11 is 3.40. The molecule has 0 saturated carbocycles. The van der Waals surface area contributed by atoms with Gasteiger partial charge in [-0.15, -0.1) is 0 Å². The summed E-state index contributed by atoms with van der Waals surface area (Å²) in [5.74, 6) is -0.361. The van der Waals surface area contributed by atoms with Crippen LogP contribution in [0.15, 0.2) is 59.1 Å². The summed E-state index contributed by atoms with van der Waals surface area (Å²) < 4.78 is 0.895. The van der Waals surface area contributed by atoms with Crippen LogP contribution in [-0.2, 0) is 14.4 Å². The summed E-state index contributed by atoms with van der Waals surface area (Å²) in [4.78, 5) is 38.8. The normalized spacial score (nSPS) is 14.4. The lowest BCUT2D eigenvalue weighted by Gasteiger charge is -2.30. The maximum absolute atomic E-state index is 12.5. The van der Waals surface area contributed by atoms with E-state index in [0.717, 1.165) is 21.3 Å². The minimum atomic E-state index is -0.142. The van der Waals surface area contributed by atoms with Gasteiger partial charge in [0, 0.05) is 48.2 Å². The topological polar surface area (TPSA) is 78.5 Å². The standard InChI is InChI=1S/C25H28BrN3O3/c1-18-7-9-21(26)17-22(18)28-23(30)11-14-27-25(32)20-12-15-29(16-13-20)24(31)10-8-19-5-3-2-4-6-19/h2-10,17,20H,11-16H2,1H3,(H,27,32)(H,28,30)/b10-8+. The molecule has 3 rings (SSSR count). The minimum absolute atomic E-state index is 0.0350. The number of halogens is 1. The average molecular weight is 498 g/mol. The summed E-state index contributed by atoms with van der Waals surface area (Å²) in [6.45, 7) is 3.33. The van der Waals surface area contributed by atoms with Crippen molar-refractivity contribution in [3.63, 3.8) is 0 Å². The molecule has 1 saturated heterocycles. The van der Waals surface area contributed by atoms with Crippen molar-refractivity contribution in [1.82, 2.24) is 10.2 Å². The van der Waals surface area contributed by atoms with Crippen molar-refractivity contribution in [2.75, 3.05) is 25.0 Å². The lowest BCUT2D eigenvalue weighted by Crippen LogP contribution is -2.43. The van der Waals surface area contributed by atoms with Gasteiger partial charge in [0.1, 0.15) is 0 Å². The SMILES string of the molecule is Cc1ccc(Br)cc1NC(=O)CCNC(=O)C1CCN(C(=O)/C=C/c2ccccc2)CC1. The van der Waals surface area contributed by atoms with Gasteiger partial charge < -0.3 is 15.5 Å². The predicted octanol–water partition coefficient (Wildman–Crippen LogP) is 4.15. The Balaban J connectivity index is 1.37. The molecule has 1 fully saturated rings. The predicted molar refractivity (Wildman–Crippen MR) is 130 cm³/mol. The Bertz CT molecular complexity index is 983. The Labute approximate surface area is 197 Å². The van der Waals surface area contributed by atoms with E-state index in [4.69, 9.17) is 0 Å². The quantitative estimate of drug-likeness (QED) is 0.563. The first-order chi connectivity index (χ1) is 15.4. The lowest BCUT2D eigenvalue weighted by atomic mass is 9.95. The molecule has 32 heavy (non-hydrogen) atoms. The van der Waals surface area contributed by atoms with E-state index in [1.807, 2.05) is 61.5 Å². The molecule has 168 valence electrons. The van der Waals surface area contributed by atoms with Crippen LogP contribution in [0.1, 0.15) is 30.4 Å². The molecular weight excluding hydrogens is 470 g/mol. The number of nitrogens with one attached hydrogen (secondary N) is 2. The number of nitrogens with zero attached hydrogens (tertiary/aromatic N) is 1. The monoisotopic (exact) mass is 497 g/mol. The van der Waals surface area contributed by atoms with Gasteiger partial charge in [-0.2, -0.15) is 0 Å². The number of rotatable bonds is 7. The second-order valence-corrected chi connectivity index (χ2v) is 8.81.